The Morgan fingerprint density at radius 2 is 1.06 bits per heavy atom. The zero-order valence-electron chi connectivity index (χ0n) is 42.6. The van der Waals surface area contributed by atoms with E-state index < -0.39 is 0 Å². The molecule has 7 aromatic rings. The monoisotopic (exact) mass is 926 g/mol. The smallest absolute Gasteiger partial charge is 0.0464 e. The Bertz CT molecular complexity index is 3090. The van der Waals surface area contributed by atoms with Crippen LogP contribution in [0.2, 0.25) is 0 Å². The molecular weight excluding hydrogens is 859 g/mol. The van der Waals surface area contributed by atoms with Gasteiger partial charge in [0.15, 0.2) is 0 Å². The van der Waals surface area contributed by atoms with Gasteiger partial charge in [-0.1, -0.05) is 165 Å². The Morgan fingerprint density at radius 1 is 0.577 bits per heavy atom. The quantitative estimate of drug-likeness (QED) is 0.0669. The zero-order chi connectivity index (χ0) is 49.7. The van der Waals surface area contributed by atoms with Crippen LogP contribution in [-0.4, -0.2) is 12.8 Å². The highest BCUT2D eigenvalue weighted by Gasteiger charge is 2.21. The molecule has 0 aromatic heterocycles. The number of aryl methyl sites for hydroxylation is 1. The highest BCUT2D eigenvalue weighted by atomic mass is 15.1. The van der Waals surface area contributed by atoms with Gasteiger partial charge < -0.3 is 9.80 Å². The molecule has 8 rings (SSSR count). The van der Waals surface area contributed by atoms with Gasteiger partial charge in [-0.15, -0.1) is 0 Å². The van der Waals surface area contributed by atoms with Crippen LogP contribution in [0, 0.1) is 6.92 Å². The number of aliphatic imine (C=N–C) groups is 1. The average molecular weight is 926 g/mol. The Labute approximate surface area is 424 Å². The summed E-state index contributed by atoms with van der Waals surface area (Å²) in [5, 5.41) is 0. The summed E-state index contributed by atoms with van der Waals surface area (Å²) in [6.07, 6.45) is 21.4. The molecule has 0 bridgehead atoms. The van der Waals surface area contributed by atoms with Crippen LogP contribution < -0.4 is 9.80 Å². The number of rotatable bonds is 17. The van der Waals surface area contributed by atoms with Gasteiger partial charge in [-0.2, -0.15) is 0 Å². The van der Waals surface area contributed by atoms with Crippen LogP contribution >= 0.6 is 0 Å². The molecule has 1 aliphatic heterocycles. The molecule has 0 spiro atoms. The number of allylic oxidation sites excluding steroid dienone is 12. The van der Waals surface area contributed by atoms with Gasteiger partial charge in [0.05, 0.1) is 0 Å². The third-order valence-electron chi connectivity index (χ3n) is 13.3. The van der Waals surface area contributed by atoms with Gasteiger partial charge in [0.2, 0.25) is 0 Å². The number of hydrogen-bond donors (Lipinski definition) is 0. The molecule has 0 radical (unpaired) electrons. The molecular formula is C68H67N3. The first-order valence-electron chi connectivity index (χ1n) is 25.2. The van der Waals surface area contributed by atoms with Crippen molar-refractivity contribution in [2.75, 3.05) is 16.3 Å². The van der Waals surface area contributed by atoms with Crippen molar-refractivity contribution in [2.45, 2.75) is 67.2 Å². The van der Waals surface area contributed by atoms with Gasteiger partial charge >= 0.3 is 0 Å². The van der Waals surface area contributed by atoms with Gasteiger partial charge in [-0.25, -0.2) is 0 Å². The van der Waals surface area contributed by atoms with Crippen LogP contribution in [0.15, 0.2) is 236 Å². The third-order valence-corrected chi connectivity index (χ3v) is 13.3. The predicted molar refractivity (Wildman–Crippen MR) is 310 cm³/mol. The van der Waals surface area contributed by atoms with Crippen LogP contribution in [0.3, 0.4) is 0 Å². The van der Waals surface area contributed by atoms with E-state index in [0.29, 0.717) is 0 Å². The number of hydrogen-bond acceptors (Lipinski definition) is 3. The van der Waals surface area contributed by atoms with Crippen molar-refractivity contribution in [1.29, 1.82) is 0 Å². The van der Waals surface area contributed by atoms with E-state index >= 15 is 0 Å². The molecule has 0 aliphatic carbocycles. The fourth-order valence-corrected chi connectivity index (χ4v) is 9.72. The maximum absolute atomic E-state index is 4.54. The second kappa shape index (κ2) is 23.5. The highest BCUT2D eigenvalue weighted by Crippen LogP contribution is 2.42. The fourth-order valence-electron chi connectivity index (χ4n) is 9.72. The van der Waals surface area contributed by atoms with E-state index in [1.807, 2.05) is 6.21 Å². The Morgan fingerprint density at radius 3 is 1.51 bits per heavy atom. The van der Waals surface area contributed by atoms with Gasteiger partial charge in [0.1, 0.15) is 0 Å². The first-order chi connectivity index (χ1) is 34.7. The largest absolute Gasteiger partial charge is 0.311 e. The summed E-state index contributed by atoms with van der Waals surface area (Å²) >= 11 is 0. The van der Waals surface area contributed by atoms with Crippen LogP contribution in [0.5, 0.6) is 0 Å². The van der Waals surface area contributed by atoms with Crippen LogP contribution in [-0.2, 0) is 0 Å². The summed E-state index contributed by atoms with van der Waals surface area (Å²) in [5.74, 6) is 0.00806. The third kappa shape index (κ3) is 11.4. The Hall–Kier alpha value is -8.01. The molecule has 3 nitrogen and oxygen atoms in total. The molecule has 1 heterocycles. The predicted octanol–water partition coefficient (Wildman–Crippen LogP) is 19.3. The molecule has 0 amide bonds. The topological polar surface area (TPSA) is 18.8 Å². The zero-order valence-corrected chi connectivity index (χ0v) is 42.6. The van der Waals surface area contributed by atoms with E-state index in [9.17, 15) is 0 Å². The van der Waals surface area contributed by atoms with Crippen LogP contribution in [0.4, 0.5) is 34.1 Å². The SMILES string of the molecule is C=C(C)/C(=C\C)c1ccc(N(c2ccc(C(/C=C\CC)=C/C)cc2)c2ccc(C(c3ccccc3)c3ccc(N(c4ccc(C5=CCCN=C5)cc4)c4ccc(C(/C=C\C)=C/C)cc4)cc3)cc2)cc1C. The summed E-state index contributed by atoms with van der Waals surface area (Å²) in [6.45, 7) is 19.9. The van der Waals surface area contributed by atoms with Crippen LogP contribution in [0.1, 0.15) is 105 Å². The van der Waals surface area contributed by atoms with E-state index in [4.69, 9.17) is 0 Å². The summed E-state index contributed by atoms with van der Waals surface area (Å²) in [5.41, 5.74) is 22.1. The fraction of sp³-hybridized carbons (Fsp3) is 0.162. The van der Waals surface area contributed by atoms with E-state index in [1.165, 1.54) is 66.8 Å². The standard InChI is InChI=1S/C68H67N3/c1-9-14-20-52(12-4)54-26-36-63(37-27-54)71(65-44-45-67(50(8)47-65)66(13-5)49(6)7)64-42-32-58(33-43-64)68(56-21-16-15-17-22-56)57-30-40-62(41-31-57)70(60-34-24-53(25-35-60)51(11-3)19-10-2)61-38-28-55(29-39-61)59-23-18-46-69-48-59/h10-17,19-45,47-48,68H,6,9,18,46H2,1-5,7-8H3/b19-10-,20-14-,51-11+,52-12+,66-13+. The van der Waals surface area contributed by atoms with E-state index in [2.05, 4.69) is 288 Å². The van der Waals surface area contributed by atoms with E-state index in [1.54, 1.807) is 0 Å². The molecule has 0 saturated carbocycles. The van der Waals surface area contributed by atoms with Crippen molar-refractivity contribution >= 4 is 62.6 Å². The lowest BCUT2D eigenvalue weighted by molar-refractivity contribution is 0.976. The van der Waals surface area contributed by atoms with Gasteiger partial charge in [0, 0.05) is 52.8 Å². The Balaban J connectivity index is 1.17. The maximum Gasteiger partial charge on any atom is 0.0464 e. The molecule has 0 fully saturated rings. The number of anilines is 6. The van der Waals surface area contributed by atoms with Gasteiger partial charge in [0.25, 0.3) is 0 Å². The lowest BCUT2D eigenvalue weighted by atomic mass is 9.85. The van der Waals surface area contributed by atoms with Crippen molar-refractivity contribution in [1.82, 2.24) is 0 Å². The average Bonchev–Trinajstić information content (AvgIpc) is 3.41. The summed E-state index contributed by atoms with van der Waals surface area (Å²) in [6, 6.07) is 62.8. The van der Waals surface area contributed by atoms with Gasteiger partial charge in [-0.05, 0) is 194 Å². The maximum atomic E-state index is 4.54. The van der Waals surface area contributed by atoms with Crippen molar-refractivity contribution in [3.8, 4) is 0 Å². The van der Waals surface area contributed by atoms with Crippen molar-refractivity contribution < 1.29 is 0 Å². The number of nitrogens with zero attached hydrogens (tertiary/aromatic N) is 3. The number of benzene rings is 7. The van der Waals surface area contributed by atoms with Crippen molar-refractivity contribution in [3.63, 3.8) is 0 Å². The second-order valence-electron chi connectivity index (χ2n) is 18.1. The second-order valence-corrected chi connectivity index (χ2v) is 18.1. The minimum Gasteiger partial charge on any atom is -0.311 e. The summed E-state index contributed by atoms with van der Waals surface area (Å²) < 4.78 is 0. The molecule has 3 heteroatoms. The molecule has 354 valence electrons. The van der Waals surface area contributed by atoms with Crippen LogP contribution in [0.25, 0.3) is 22.3 Å². The lowest BCUT2D eigenvalue weighted by Crippen LogP contribution is -2.12. The van der Waals surface area contributed by atoms with Gasteiger partial charge in [-0.3, -0.25) is 4.99 Å². The molecule has 71 heavy (non-hydrogen) atoms. The highest BCUT2D eigenvalue weighted by molar-refractivity contribution is 6.10. The summed E-state index contributed by atoms with van der Waals surface area (Å²) in [7, 11) is 0. The minimum atomic E-state index is 0.00806. The molecule has 1 aliphatic rings. The van der Waals surface area contributed by atoms with Crippen molar-refractivity contribution in [2.24, 2.45) is 4.99 Å². The molecule has 0 saturated heterocycles. The number of dihydropyridines is 1. The Kier molecular flexibility index (Phi) is 16.4. The molecule has 0 N–H and O–H groups in total. The van der Waals surface area contributed by atoms with E-state index in [-0.39, 0.29) is 5.92 Å². The van der Waals surface area contributed by atoms with E-state index in [0.717, 1.165) is 59.1 Å². The minimum absolute atomic E-state index is 0.00806. The lowest BCUT2D eigenvalue weighted by Gasteiger charge is -2.28. The van der Waals surface area contributed by atoms with Crippen molar-refractivity contribution in [3.05, 3.63) is 275 Å². The summed E-state index contributed by atoms with van der Waals surface area (Å²) in [4.78, 5) is 9.27. The normalized spacial score (nSPS) is 13.7. The molecule has 1 atom stereocenters. The first kappa shape index (κ1) is 49.4. The first-order valence-corrected chi connectivity index (χ1v) is 25.2. The molecule has 7 aromatic carbocycles. The molecule has 1 unspecified atom stereocenters.